The summed E-state index contributed by atoms with van der Waals surface area (Å²) in [6, 6.07) is 10.8. The monoisotopic (exact) mass is 327 g/mol. The zero-order valence-electron chi connectivity index (χ0n) is 13.1. The molecule has 1 aromatic heterocycles. The summed E-state index contributed by atoms with van der Waals surface area (Å²) in [6.45, 7) is 2.02. The van der Waals surface area contributed by atoms with Crippen LogP contribution in [0.3, 0.4) is 0 Å². The molecule has 0 saturated carbocycles. The Morgan fingerprint density at radius 3 is 2.83 bits per heavy atom. The van der Waals surface area contributed by atoms with Crippen molar-refractivity contribution in [2.45, 2.75) is 13.5 Å². The van der Waals surface area contributed by atoms with E-state index in [0.717, 1.165) is 5.56 Å². The first kappa shape index (κ1) is 17.1. The number of ether oxygens (including phenoxy) is 1. The number of amides is 1. The highest BCUT2D eigenvalue weighted by atomic mass is 16.6. The molecule has 7 heteroatoms. The third-order valence-electron chi connectivity index (χ3n) is 3.17. The van der Waals surface area contributed by atoms with E-state index in [1.165, 1.54) is 12.3 Å². The number of aromatic nitrogens is 1. The summed E-state index contributed by atoms with van der Waals surface area (Å²) in [6.07, 6.45) is 4.32. The van der Waals surface area contributed by atoms with Crippen LogP contribution in [0.15, 0.2) is 48.7 Å². The van der Waals surface area contributed by atoms with Crippen molar-refractivity contribution in [2.75, 3.05) is 6.54 Å². The highest BCUT2D eigenvalue weighted by Gasteiger charge is 2.11. The molecule has 0 aliphatic rings. The number of alkyl carbamates (subject to hydrolysis) is 1. The maximum atomic E-state index is 11.5. The van der Waals surface area contributed by atoms with Gasteiger partial charge in [-0.05, 0) is 18.1 Å². The number of benzene rings is 1. The van der Waals surface area contributed by atoms with Crippen LogP contribution in [0.4, 0.5) is 10.5 Å². The summed E-state index contributed by atoms with van der Waals surface area (Å²) in [4.78, 5) is 25.9. The van der Waals surface area contributed by atoms with Crippen LogP contribution in [0.25, 0.3) is 6.08 Å². The van der Waals surface area contributed by atoms with Crippen molar-refractivity contribution in [1.82, 2.24) is 10.3 Å². The molecular weight excluding hydrogens is 310 g/mol. The fourth-order valence-corrected chi connectivity index (χ4v) is 1.92. The molecule has 0 aliphatic heterocycles. The molecule has 0 fully saturated rings. The highest BCUT2D eigenvalue weighted by molar-refractivity contribution is 5.67. The second kappa shape index (κ2) is 8.42. The van der Waals surface area contributed by atoms with Crippen LogP contribution >= 0.6 is 0 Å². The fraction of sp³-hybridized carbons (Fsp3) is 0.176. The summed E-state index contributed by atoms with van der Waals surface area (Å²) >= 11 is 0. The molecule has 1 aromatic carbocycles. The first-order valence-corrected chi connectivity index (χ1v) is 7.28. The molecule has 24 heavy (non-hydrogen) atoms. The van der Waals surface area contributed by atoms with Crippen LogP contribution in [-0.2, 0) is 11.3 Å². The molecule has 1 heterocycles. The number of nitrogens with one attached hydrogen (secondary N) is 1. The molecule has 0 radical (unpaired) electrons. The summed E-state index contributed by atoms with van der Waals surface area (Å²) in [7, 11) is 0. The fourth-order valence-electron chi connectivity index (χ4n) is 1.92. The molecule has 0 saturated heterocycles. The Morgan fingerprint density at radius 2 is 2.12 bits per heavy atom. The molecule has 124 valence electrons. The number of carbonyl (C=O) groups is 1. The van der Waals surface area contributed by atoms with Gasteiger partial charge in [-0.25, -0.2) is 4.79 Å². The van der Waals surface area contributed by atoms with Gasteiger partial charge in [0.05, 0.1) is 4.92 Å². The Labute approximate surface area is 139 Å². The summed E-state index contributed by atoms with van der Waals surface area (Å²) in [5.74, 6) is 0. The molecule has 1 amide bonds. The summed E-state index contributed by atoms with van der Waals surface area (Å²) in [5.41, 5.74) is 1.82. The number of nitro groups is 1. The van der Waals surface area contributed by atoms with Gasteiger partial charge in [0.1, 0.15) is 12.3 Å². The zero-order chi connectivity index (χ0) is 17.4. The average molecular weight is 327 g/mol. The second-order valence-corrected chi connectivity index (χ2v) is 4.98. The van der Waals surface area contributed by atoms with Crippen LogP contribution in [0.2, 0.25) is 0 Å². The highest BCUT2D eigenvalue weighted by Crippen LogP contribution is 2.17. The van der Waals surface area contributed by atoms with Crippen molar-refractivity contribution in [3.8, 4) is 0 Å². The van der Waals surface area contributed by atoms with E-state index in [1.807, 2.05) is 30.3 Å². The van der Waals surface area contributed by atoms with E-state index >= 15 is 0 Å². The van der Waals surface area contributed by atoms with Crippen LogP contribution in [-0.4, -0.2) is 22.5 Å². The number of hydrogen-bond acceptors (Lipinski definition) is 5. The van der Waals surface area contributed by atoms with E-state index in [-0.39, 0.29) is 18.8 Å². The van der Waals surface area contributed by atoms with Crippen molar-refractivity contribution < 1.29 is 14.5 Å². The molecule has 0 aliphatic carbocycles. The van der Waals surface area contributed by atoms with Crippen molar-refractivity contribution >= 4 is 17.9 Å². The largest absolute Gasteiger partial charge is 0.445 e. The lowest BCUT2D eigenvalue weighted by Crippen LogP contribution is -2.24. The lowest BCUT2D eigenvalue weighted by Gasteiger charge is -2.05. The molecule has 1 N–H and O–H groups in total. The van der Waals surface area contributed by atoms with Gasteiger partial charge in [-0.2, -0.15) is 0 Å². The van der Waals surface area contributed by atoms with Gasteiger partial charge in [-0.1, -0.05) is 42.5 Å². The molecule has 2 rings (SSSR count). The molecule has 7 nitrogen and oxygen atoms in total. The van der Waals surface area contributed by atoms with Gasteiger partial charge in [0, 0.05) is 18.8 Å². The van der Waals surface area contributed by atoms with Crippen molar-refractivity contribution in [2.24, 2.45) is 0 Å². The number of nitrogens with zero attached hydrogens (tertiary/aromatic N) is 2. The van der Waals surface area contributed by atoms with Gasteiger partial charge in [0.2, 0.25) is 0 Å². The second-order valence-electron chi connectivity index (χ2n) is 4.98. The van der Waals surface area contributed by atoms with Gasteiger partial charge in [0.15, 0.2) is 0 Å². The van der Waals surface area contributed by atoms with Gasteiger partial charge in [-0.15, -0.1) is 0 Å². The predicted molar refractivity (Wildman–Crippen MR) is 89.3 cm³/mol. The van der Waals surface area contributed by atoms with Crippen molar-refractivity contribution in [3.63, 3.8) is 0 Å². The Balaban J connectivity index is 1.79. The Bertz CT molecular complexity index is 745. The van der Waals surface area contributed by atoms with Gasteiger partial charge in [0.25, 0.3) is 5.69 Å². The maximum Gasteiger partial charge on any atom is 0.407 e. The molecule has 0 unspecified atom stereocenters. The minimum absolute atomic E-state index is 0.0348. The smallest absolute Gasteiger partial charge is 0.407 e. The molecular formula is C17H17N3O4. The van der Waals surface area contributed by atoms with E-state index in [4.69, 9.17) is 4.74 Å². The van der Waals surface area contributed by atoms with Crippen LogP contribution in [0.5, 0.6) is 0 Å². The zero-order valence-corrected chi connectivity index (χ0v) is 13.1. The average Bonchev–Trinajstić information content (AvgIpc) is 2.59. The van der Waals surface area contributed by atoms with Crippen LogP contribution in [0, 0.1) is 17.0 Å². The lowest BCUT2D eigenvalue weighted by molar-refractivity contribution is -0.385. The molecule has 0 spiro atoms. The minimum Gasteiger partial charge on any atom is -0.445 e. The Hall–Kier alpha value is -3.22. The number of hydrogen-bond donors (Lipinski definition) is 1. The summed E-state index contributed by atoms with van der Waals surface area (Å²) < 4.78 is 5.06. The van der Waals surface area contributed by atoms with E-state index in [9.17, 15) is 14.9 Å². The third-order valence-corrected chi connectivity index (χ3v) is 3.17. The van der Waals surface area contributed by atoms with Crippen LogP contribution in [0.1, 0.15) is 16.8 Å². The molecule has 2 aromatic rings. The Morgan fingerprint density at radius 1 is 1.38 bits per heavy atom. The van der Waals surface area contributed by atoms with Crippen LogP contribution < -0.4 is 5.32 Å². The summed E-state index contributed by atoms with van der Waals surface area (Å²) in [5, 5.41) is 13.4. The molecule has 0 atom stereocenters. The number of rotatable bonds is 6. The quantitative estimate of drug-likeness (QED) is 0.649. The van der Waals surface area contributed by atoms with E-state index < -0.39 is 11.0 Å². The normalized spacial score (nSPS) is 10.5. The van der Waals surface area contributed by atoms with Gasteiger partial charge >= 0.3 is 6.09 Å². The maximum absolute atomic E-state index is 11.5. The van der Waals surface area contributed by atoms with E-state index in [0.29, 0.717) is 11.3 Å². The topological polar surface area (TPSA) is 94.4 Å². The standard InChI is InChI=1S/C17H17N3O4/c1-13-16(20(22)23)10-15(11-19-13)8-5-9-18-17(21)24-12-14-6-3-2-4-7-14/h2-8,10-11H,9,12H2,1H3,(H,18,21). The van der Waals surface area contributed by atoms with Gasteiger partial charge < -0.3 is 10.1 Å². The Kier molecular flexibility index (Phi) is 6.01. The number of aryl methyl sites for hydroxylation is 1. The lowest BCUT2D eigenvalue weighted by atomic mass is 10.2. The third kappa shape index (κ3) is 5.20. The first-order valence-electron chi connectivity index (χ1n) is 7.28. The van der Waals surface area contributed by atoms with Crippen molar-refractivity contribution in [3.05, 3.63) is 75.6 Å². The van der Waals surface area contributed by atoms with Gasteiger partial charge in [-0.3, -0.25) is 15.1 Å². The van der Waals surface area contributed by atoms with E-state index in [1.54, 1.807) is 19.1 Å². The SMILES string of the molecule is Cc1ncc(C=CCNC(=O)OCc2ccccc2)cc1[N+](=O)[O-]. The minimum atomic E-state index is -0.531. The van der Waals surface area contributed by atoms with Crippen molar-refractivity contribution in [1.29, 1.82) is 0 Å². The first-order chi connectivity index (χ1) is 11.6. The predicted octanol–water partition coefficient (Wildman–Crippen LogP) is 3.24. The number of carbonyl (C=O) groups excluding carboxylic acids is 1. The molecule has 0 bridgehead atoms. The number of pyridine rings is 1. The van der Waals surface area contributed by atoms with E-state index in [2.05, 4.69) is 10.3 Å².